The van der Waals surface area contributed by atoms with Gasteiger partial charge in [0.15, 0.2) is 0 Å². The third-order valence-corrected chi connectivity index (χ3v) is 4.22. The predicted octanol–water partition coefficient (Wildman–Crippen LogP) is 1.69. The molecular weight excluding hydrogens is 348 g/mol. The highest BCUT2D eigenvalue weighted by Crippen LogP contribution is 2.11. The number of thioether (sulfide) groups is 1. The minimum Gasteiger partial charge on any atom is -0.355 e. The van der Waals surface area contributed by atoms with E-state index in [2.05, 4.69) is 20.6 Å². The number of halogens is 1. The number of hydrogen-bond acceptors (Lipinski definition) is 5. The smallest absolute Gasteiger partial charge is 0.258 e. The lowest BCUT2D eigenvalue weighted by atomic mass is 10.2. The van der Waals surface area contributed by atoms with Gasteiger partial charge in [-0.1, -0.05) is 19.1 Å². The van der Waals surface area contributed by atoms with Crippen LogP contribution in [-0.2, 0) is 10.5 Å². The number of nitrogens with zero attached hydrogens (tertiary/aromatic N) is 1. The molecule has 0 saturated heterocycles. The zero-order valence-electron chi connectivity index (χ0n) is 13.6. The number of amides is 1. The first-order valence-electron chi connectivity index (χ1n) is 7.74. The molecular formula is C16H23ClN4O2S. The molecule has 0 spiro atoms. The Labute approximate surface area is 151 Å². The van der Waals surface area contributed by atoms with Gasteiger partial charge in [0.1, 0.15) is 5.82 Å². The van der Waals surface area contributed by atoms with Gasteiger partial charge < -0.3 is 15.6 Å². The zero-order chi connectivity index (χ0) is 16.5. The SMILES string of the molecule is CCNCCNC(=O)CCSCc1nc2ccccc2c(=O)[nH]1.Cl. The lowest BCUT2D eigenvalue weighted by molar-refractivity contribution is -0.120. The summed E-state index contributed by atoms with van der Waals surface area (Å²) < 4.78 is 0. The van der Waals surface area contributed by atoms with Crippen molar-refractivity contribution in [3.63, 3.8) is 0 Å². The number of rotatable bonds is 9. The van der Waals surface area contributed by atoms with Crippen molar-refractivity contribution in [1.29, 1.82) is 0 Å². The van der Waals surface area contributed by atoms with E-state index in [1.807, 2.05) is 25.1 Å². The molecule has 1 amide bonds. The Morgan fingerprint density at radius 1 is 1.29 bits per heavy atom. The van der Waals surface area contributed by atoms with Gasteiger partial charge >= 0.3 is 0 Å². The van der Waals surface area contributed by atoms with Crippen LogP contribution in [0.15, 0.2) is 29.1 Å². The van der Waals surface area contributed by atoms with Crippen LogP contribution in [0.25, 0.3) is 10.9 Å². The Kier molecular flexibility index (Phi) is 9.44. The van der Waals surface area contributed by atoms with Gasteiger partial charge in [0.25, 0.3) is 5.56 Å². The second-order valence-electron chi connectivity index (χ2n) is 5.04. The quantitative estimate of drug-likeness (QED) is 0.585. The molecule has 24 heavy (non-hydrogen) atoms. The van der Waals surface area contributed by atoms with Gasteiger partial charge in [-0.05, 0) is 18.7 Å². The summed E-state index contributed by atoms with van der Waals surface area (Å²) in [6.07, 6.45) is 0.467. The van der Waals surface area contributed by atoms with Crippen molar-refractivity contribution in [1.82, 2.24) is 20.6 Å². The number of benzene rings is 1. The van der Waals surface area contributed by atoms with Gasteiger partial charge in [0.2, 0.25) is 5.91 Å². The summed E-state index contributed by atoms with van der Waals surface area (Å²) in [5.41, 5.74) is 0.584. The lowest BCUT2D eigenvalue weighted by Crippen LogP contribution is -2.31. The molecule has 2 aromatic rings. The Balaban J connectivity index is 0.00000288. The highest BCUT2D eigenvalue weighted by Gasteiger charge is 2.04. The van der Waals surface area contributed by atoms with Gasteiger partial charge in [-0.15, -0.1) is 12.4 Å². The molecule has 3 N–H and O–H groups in total. The Morgan fingerprint density at radius 3 is 2.88 bits per heavy atom. The molecule has 0 fully saturated rings. The predicted molar refractivity (Wildman–Crippen MR) is 102 cm³/mol. The van der Waals surface area contributed by atoms with E-state index in [9.17, 15) is 9.59 Å². The average molecular weight is 371 g/mol. The third kappa shape index (κ3) is 6.51. The number of likely N-dealkylation sites (N-methyl/N-ethyl adjacent to an activating group) is 1. The number of para-hydroxylation sites is 1. The van der Waals surface area contributed by atoms with Crippen LogP contribution in [0.1, 0.15) is 19.2 Å². The molecule has 0 aliphatic rings. The molecule has 0 saturated carbocycles. The van der Waals surface area contributed by atoms with Crippen molar-refractivity contribution in [2.45, 2.75) is 19.1 Å². The van der Waals surface area contributed by atoms with Gasteiger partial charge in [0, 0.05) is 25.3 Å². The summed E-state index contributed by atoms with van der Waals surface area (Å²) in [5, 5.41) is 6.61. The Bertz CT molecular complexity index is 708. The molecule has 0 unspecified atom stereocenters. The second kappa shape index (κ2) is 11.1. The fraction of sp³-hybridized carbons (Fsp3) is 0.438. The maximum absolute atomic E-state index is 11.9. The van der Waals surface area contributed by atoms with Gasteiger partial charge in [-0.25, -0.2) is 4.98 Å². The van der Waals surface area contributed by atoms with Crippen molar-refractivity contribution in [2.75, 3.05) is 25.4 Å². The van der Waals surface area contributed by atoms with Crippen molar-refractivity contribution in [3.8, 4) is 0 Å². The van der Waals surface area contributed by atoms with Crippen molar-refractivity contribution >= 4 is 41.0 Å². The van der Waals surface area contributed by atoms with Crippen molar-refractivity contribution in [3.05, 3.63) is 40.4 Å². The number of nitrogens with one attached hydrogen (secondary N) is 3. The minimum absolute atomic E-state index is 0. The monoisotopic (exact) mass is 370 g/mol. The van der Waals surface area contributed by atoms with Gasteiger partial charge in [-0.3, -0.25) is 9.59 Å². The highest BCUT2D eigenvalue weighted by molar-refractivity contribution is 7.98. The van der Waals surface area contributed by atoms with E-state index in [4.69, 9.17) is 0 Å². The summed E-state index contributed by atoms with van der Waals surface area (Å²) in [7, 11) is 0. The Morgan fingerprint density at radius 2 is 2.08 bits per heavy atom. The van der Waals surface area contributed by atoms with Crippen LogP contribution >= 0.6 is 24.2 Å². The van der Waals surface area contributed by atoms with E-state index < -0.39 is 0 Å². The molecule has 1 aromatic carbocycles. The molecule has 2 rings (SSSR count). The maximum atomic E-state index is 11.9. The van der Waals surface area contributed by atoms with Crippen molar-refractivity contribution < 1.29 is 4.79 Å². The number of aromatic amines is 1. The van der Waals surface area contributed by atoms with Crippen LogP contribution in [0.4, 0.5) is 0 Å². The number of fused-ring (bicyclic) bond motifs is 1. The molecule has 0 aliphatic heterocycles. The number of carbonyl (C=O) groups is 1. The second-order valence-corrected chi connectivity index (χ2v) is 6.14. The third-order valence-electron chi connectivity index (χ3n) is 3.25. The van der Waals surface area contributed by atoms with Crippen LogP contribution in [0.3, 0.4) is 0 Å². The summed E-state index contributed by atoms with van der Waals surface area (Å²) >= 11 is 1.59. The maximum Gasteiger partial charge on any atom is 0.258 e. The first-order chi connectivity index (χ1) is 11.2. The molecule has 0 atom stereocenters. The topological polar surface area (TPSA) is 86.9 Å². The molecule has 132 valence electrons. The Hall–Kier alpha value is -1.57. The lowest BCUT2D eigenvalue weighted by Gasteiger charge is -2.06. The molecule has 1 heterocycles. The van der Waals surface area contributed by atoms with Crippen LogP contribution in [0.5, 0.6) is 0 Å². The summed E-state index contributed by atoms with van der Waals surface area (Å²) in [4.78, 5) is 30.8. The van der Waals surface area contributed by atoms with Crippen molar-refractivity contribution in [2.24, 2.45) is 0 Å². The van der Waals surface area contributed by atoms with Crippen LogP contribution in [0, 0.1) is 0 Å². The van der Waals surface area contributed by atoms with E-state index in [1.54, 1.807) is 17.8 Å². The molecule has 8 heteroatoms. The summed E-state index contributed by atoms with van der Waals surface area (Å²) in [5.74, 6) is 1.98. The van der Waals surface area contributed by atoms with E-state index in [-0.39, 0.29) is 23.9 Å². The average Bonchev–Trinajstić information content (AvgIpc) is 2.56. The van der Waals surface area contributed by atoms with Crippen LogP contribution < -0.4 is 16.2 Å². The normalized spacial score (nSPS) is 10.4. The molecule has 1 aromatic heterocycles. The fourth-order valence-electron chi connectivity index (χ4n) is 2.09. The minimum atomic E-state index is -0.118. The zero-order valence-corrected chi connectivity index (χ0v) is 15.3. The van der Waals surface area contributed by atoms with Gasteiger partial charge in [-0.2, -0.15) is 11.8 Å². The summed E-state index contributed by atoms with van der Waals surface area (Å²) in [6.45, 7) is 4.38. The first kappa shape index (κ1) is 20.5. The van der Waals surface area contributed by atoms with E-state index >= 15 is 0 Å². The molecule has 6 nitrogen and oxygen atoms in total. The molecule has 0 radical (unpaired) electrons. The largest absolute Gasteiger partial charge is 0.355 e. The number of H-pyrrole nitrogens is 1. The first-order valence-corrected chi connectivity index (χ1v) is 8.89. The highest BCUT2D eigenvalue weighted by atomic mass is 35.5. The van der Waals surface area contributed by atoms with Gasteiger partial charge in [0.05, 0.1) is 16.7 Å². The van der Waals surface area contributed by atoms with Crippen LogP contribution in [0.2, 0.25) is 0 Å². The molecule has 0 bridgehead atoms. The van der Waals surface area contributed by atoms with E-state index in [0.717, 1.165) is 13.1 Å². The number of hydrogen-bond donors (Lipinski definition) is 3. The van der Waals surface area contributed by atoms with E-state index in [1.165, 1.54) is 0 Å². The number of carbonyl (C=O) groups excluding carboxylic acids is 1. The van der Waals surface area contributed by atoms with Crippen LogP contribution in [-0.4, -0.2) is 41.3 Å². The molecule has 0 aliphatic carbocycles. The standard InChI is InChI=1S/C16H22N4O2S.ClH/c1-2-17-8-9-18-15(21)7-10-23-11-14-19-13-6-4-3-5-12(13)16(22)20-14;/h3-6,17H,2,7-11H2,1H3,(H,18,21)(H,19,20,22);1H. The number of aromatic nitrogens is 2. The summed E-state index contributed by atoms with van der Waals surface area (Å²) in [6, 6.07) is 7.28. The fourth-order valence-corrected chi connectivity index (χ4v) is 2.90. The van der Waals surface area contributed by atoms with E-state index in [0.29, 0.717) is 41.2 Å².